The van der Waals surface area contributed by atoms with Crippen LogP contribution in [-0.4, -0.2) is 49.6 Å². The molecular weight excluding hydrogens is 631 g/mol. The molecule has 0 spiro atoms. The molecule has 1 fully saturated rings. The number of nitro benzene ring substituents is 1. The number of thiazole rings is 1. The second kappa shape index (κ2) is 10.3. The van der Waals surface area contributed by atoms with Crippen molar-refractivity contribution >= 4 is 51.1 Å². The number of nitro groups is 1. The van der Waals surface area contributed by atoms with Crippen molar-refractivity contribution in [3.8, 4) is 0 Å². The molecule has 1 aromatic carbocycles. The van der Waals surface area contributed by atoms with Gasteiger partial charge in [0.05, 0.1) is 34.9 Å². The number of fused-ring (bicyclic) bond motifs is 2. The Morgan fingerprint density at radius 1 is 1.38 bits per heavy atom. The molecule has 1 amide bonds. The molecule has 2 aromatic heterocycles. The highest BCUT2D eigenvalue weighted by molar-refractivity contribution is 7.98. The van der Waals surface area contributed by atoms with Gasteiger partial charge >= 0.3 is 5.97 Å². The van der Waals surface area contributed by atoms with Crippen LogP contribution in [-0.2, 0) is 28.0 Å². The number of esters is 1. The molecule has 1 saturated heterocycles. The second-order valence-electron chi connectivity index (χ2n) is 9.00. The number of rotatable bonds is 7. The maximum Gasteiger partial charge on any atom is 0.355 e. The molecule has 0 saturated carbocycles. The molecule has 13 heteroatoms. The minimum Gasteiger partial charge on any atom is -1.00 e. The van der Waals surface area contributed by atoms with E-state index in [1.165, 1.54) is 29.2 Å². The van der Waals surface area contributed by atoms with Gasteiger partial charge in [0.15, 0.2) is 0 Å². The number of non-ortho nitro benzene ring substituents is 1. The number of aliphatic hydroxyl groups excluding tert-OH is 1. The first-order valence-electron chi connectivity index (χ1n) is 11.3. The third kappa shape index (κ3) is 4.45. The fourth-order valence-corrected chi connectivity index (χ4v) is 7.29. The van der Waals surface area contributed by atoms with Crippen molar-refractivity contribution in [3.05, 3.63) is 62.5 Å². The maximum atomic E-state index is 13.4. The number of β-lactam (4-membered cyclic amide) rings is 1. The summed E-state index contributed by atoms with van der Waals surface area (Å²) in [5.41, 5.74) is 2.47. The number of hydrogen-bond acceptors (Lipinski definition) is 8. The summed E-state index contributed by atoms with van der Waals surface area (Å²) in [4.78, 5) is 40.2. The largest absolute Gasteiger partial charge is 1.00 e. The molecule has 3 aromatic rings. The van der Waals surface area contributed by atoms with Crippen LogP contribution in [0.25, 0.3) is 10.4 Å². The Morgan fingerprint density at radius 3 is 2.65 bits per heavy atom. The van der Waals surface area contributed by atoms with E-state index in [1.807, 2.05) is 26.6 Å². The van der Waals surface area contributed by atoms with E-state index >= 15 is 0 Å². The monoisotopic (exact) mass is 656 g/mol. The van der Waals surface area contributed by atoms with Crippen LogP contribution in [0.5, 0.6) is 0 Å². The lowest BCUT2D eigenvalue weighted by molar-refractivity contribution is -0.705. The molecule has 196 valence electrons. The minimum atomic E-state index is -0.822. The van der Waals surface area contributed by atoms with E-state index in [2.05, 4.69) is 8.97 Å². The van der Waals surface area contributed by atoms with Gasteiger partial charge in [-0.15, -0.1) is 0 Å². The number of imidazole rings is 1. The van der Waals surface area contributed by atoms with Crippen LogP contribution in [0.1, 0.15) is 29.5 Å². The van der Waals surface area contributed by atoms with Crippen molar-refractivity contribution in [1.82, 2.24) is 9.30 Å². The number of thioether (sulfide) groups is 1. The molecule has 1 N–H and O–H groups in total. The van der Waals surface area contributed by atoms with E-state index in [9.17, 15) is 24.8 Å². The van der Waals surface area contributed by atoms with Crippen molar-refractivity contribution in [2.75, 3.05) is 6.26 Å². The molecule has 0 unspecified atom stereocenters. The third-order valence-electron chi connectivity index (χ3n) is 6.81. The number of carbonyl (C=O) groups is 2. The van der Waals surface area contributed by atoms with Crippen molar-refractivity contribution in [2.24, 2.45) is 13.0 Å². The SMILES string of the molecule is CSc1c2sc(C3=C(C(=O)OCc4ccc([N+](=O)[O-])cc4)N4C(=O)[C@H]([C@@H](C)O)[C@H]4C3)c(C)n2c[n+]1C.[I-]. The quantitative estimate of drug-likeness (QED) is 0.0715. The average molecular weight is 657 g/mol. The summed E-state index contributed by atoms with van der Waals surface area (Å²) >= 11 is 3.20. The minimum absolute atomic E-state index is 0. The lowest BCUT2D eigenvalue weighted by atomic mass is 9.83. The number of amides is 1. The predicted octanol–water partition coefficient (Wildman–Crippen LogP) is -0.166. The Bertz CT molecular complexity index is 1450. The number of ether oxygens (including phenoxy) is 1. The molecule has 5 rings (SSSR count). The summed E-state index contributed by atoms with van der Waals surface area (Å²) < 4.78 is 9.72. The first-order chi connectivity index (χ1) is 17.1. The molecule has 0 aliphatic carbocycles. The molecule has 0 radical (unpaired) electrons. The van der Waals surface area contributed by atoms with Crippen molar-refractivity contribution < 1.29 is 52.9 Å². The van der Waals surface area contributed by atoms with Gasteiger partial charge in [-0.25, -0.2) is 9.36 Å². The Hall–Kier alpha value is -2.49. The predicted molar refractivity (Wildman–Crippen MR) is 133 cm³/mol. The Kier molecular flexibility index (Phi) is 7.70. The molecule has 2 aliphatic rings. The van der Waals surface area contributed by atoms with Gasteiger partial charge in [0.2, 0.25) is 15.8 Å². The Balaban J connectivity index is 0.00000320. The summed E-state index contributed by atoms with van der Waals surface area (Å²) in [7, 11) is 1.98. The van der Waals surface area contributed by atoms with E-state index in [0.717, 1.165) is 26.0 Å². The van der Waals surface area contributed by atoms with Gasteiger partial charge in [-0.3, -0.25) is 14.9 Å². The smallest absolute Gasteiger partial charge is 0.355 e. The van der Waals surface area contributed by atoms with E-state index < -0.39 is 22.9 Å². The van der Waals surface area contributed by atoms with Crippen molar-refractivity contribution in [3.63, 3.8) is 0 Å². The number of nitrogens with zero attached hydrogens (tertiary/aromatic N) is 4. The van der Waals surface area contributed by atoms with E-state index in [-0.39, 0.29) is 53.9 Å². The van der Waals surface area contributed by atoms with Gasteiger partial charge in [0.25, 0.3) is 12.0 Å². The van der Waals surface area contributed by atoms with Gasteiger partial charge in [-0.05, 0) is 44.2 Å². The fraction of sp³-hybridized carbons (Fsp3) is 0.375. The zero-order chi connectivity index (χ0) is 25.9. The third-order valence-corrected chi connectivity index (χ3v) is 9.13. The van der Waals surface area contributed by atoms with Crippen LogP contribution >= 0.6 is 23.1 Å². The number of hydrogen-bond donors (Lipinski definition) is 1. The highest BCUT2D eigenvalue weighted by atomic mass is 127. The van der Waals surface area contributed by atoms with Gasteiger partial charge in [-0.1, -0.05) is 23.1 Å². The van der Waals surface area contributed by atoms with Crippen LogP contribution in [0.4, 0.5) is 5.69 Å². The Labute approximate surface area is 238 Å². The number of aryl methyl sites for hydroxylation is 2. The topological polar surface area (TPSA) is 118 Å². The maximum absolute atomic E-state index is 13.4. The van der Waals surface area contributed by atoms with Crippen LogP contribution < -0.4 is 28.5 Å². The lowest BCUT2D eigenvalue weighted by Gasteiger charge is -2.44. The van der Waals surface area contributed by atoms with Crippen molar-refractivity contribution in [2.45, 2.75) is 44.0 Å². The van der Waals surface area contributed by atoms with Gasteiger partial charge < -0.3 is 38.7 Å². The van der Waals surface area contributed by atoms with E-state index in [4.69, 9.17) is 4.74 Å². The molecule has 2 aliphatic heterocycles. The summed E-state index contributed by atoms with van der Waals surface area (Å²) in [6.45, 7) is 3.49. The molecule has 0 bridgehead atoms. The van der Waals surface area contributed by atoms with Crippen LogP contribution in [0, 0.1) is 23.0 Å². The second-order valence-corrected chi connectivity index (χ2v) is 10.8. The highest BCUT2D eigenvalue weighted by Gasteiger charge is 2.57. The zero-order valence-corrected chi connectivity index (χ0v) is 24.3. The summed E-state index contributed by atoms with van der Waals surface area (Å²) in [6, 6.07) is 5.48. The number of aliphatic hydroxyl groups is 1. The first-order valence-corrected chi connectivity index (χ1v) is 13.4. The number of aromatic nitrogens is 2. The summed E-state index contributed by atoms with van der Waals surface area (Å²) in [6.07, 6.45) is 3.64. The lowest BCUT2D eigenvalue weighted by Crippen LogP contribution is -3.00. The van der Waals surface area contributed by atoms with Crippen molar-refractivity contribution in [1.29, 1.82) is 0 Å². The zero-order valence-electron chi connectivity index (χ0n) is 20.5. The van der Waals surface area contributed by atoms with Gasteiger partial charge in [0, 0.05) is 17.7 Å². The number of halogens is 1. The van der Waals surface area contributed by atoms with E-state index in [1.54, 1.807) is 30.0 Å². The standard InChI is InChI=1S/C24H25N4O6S2.HI/c1-12-20(36-23-22(35-4)25(3)11-26(12)23)16-9-17-18(13(2)29)21(30)27(17)19(16)24(31)34-10-14-5-7-15(8-6-14)28(32)33;/h5-8,11,13,17-18,29H,9-10H2,1-4H3;1H/q+1;/p-1/t13-,17-,18-;/m1./s1. The number of carbonyl (C=O) groups excluding carboxylic acids is 2. The summed E-state index contributed by atoms with van der Waals surface area (Å²) in [5, 5.41) is 22.2. The Morgan fingerprint density at radius 2 is 2.05 bits per heavy atom. The normalized spacial score (nSPS) is 19.5. The number of benzene rings is 1. The van der Waals surface area contributed by atoms with E-state index in [0.29, 0.717) is 12.0 Å². The molecule has 3 atom stereocenters. The molecular formula is C24H25IN4O6S2. The first kappa shape index (κ1) is 27.5. The van der Waals surface area contributed by atoms with Crippen LogP contribution in [0.15, 0.2) is 41.3 Å². The van der Waals surface area contributed by atoms with Crippen LogP contribution in [0.3, 0.4) is 0 Å². The molecule has 37 heavy (non-hydrogen) atoms. The molecule has 10 nitrogen and oxygen atoms in total. The molecule has 4 heterocycles. The van der Waals surface area contributed by atoms with Gasteiger partial charge in [-0.2, -0.15) is 4.40 Å². The summed E-state index contributed by atoms with van der Waals surface area (Å²) in [5.74, 6) is -1.48. The highest BCUT2D eigenvalue weighted by Crippen LogP contribution is 2.49. The van der Waals surface area contributed by atoms with Crippen LogP contribution in [0.2, 0.25) is 0 Å². The average Bonchev–Trinajstić information content (AvgIpc) is 3.44. The fourth-order valence-electron chi connectivity index (χ4n) is 5.05. The van der Waals surface area contributed by atoms with Gasteiger partial charge in [0.1, 0.15) is 18.0 Å².